The molecule has 2 heterocycles. The second-order valence-electron chi connectivity index (χ2n) is 5.89. The maximum absolute atomic E-state index is 12.7. The lowest BCUT2D eigenvalue weighted by Crippen LogP contribution is -2.09. The number of benzene rings is 1. The normalized spacial score (nSPS) is 11.3. The topological polar surface area (TPSA) is 66.2 Å². The summed E-state index contributed by atoms with van der Waals surface area (Å²) in [4.78, 5) is 16.1. The first-order valence-electron chi connectivity index (χ1n) is 8.18. The summed E-state index contributed by atoms with van der Waals surface area (Å²) in [7, 11) is 1.54. The quantitative estimate of drug-likeness (QED) is 0.616. The van der Waals surface area contributed by atoms with Gasteiger partial charge in [-0.3, -0.25) is 0 Å². The van der Waals surface area contributed by atoms with Crippen molar-refractivity contribution < 1.29 is 27.4 Å². The molecule has 0 aliphatic carbocycles. The average Bonchev–Trinajstić information content (AvgIpc) is 3.07. The number of rotatable bonds is 5. The van der Waals surface area contributed by atoms with Gasteiger partial charge in [-0.2, -0.15) is 18.3 Å². The minimum absolute atomic E-state index is 0.0409. The van der Waals surface area contributed by atoms with Crippen LogP contribution in [0.3, 0.4) is 0 Å². The van der Waals surface area contributed by atoms with Crippen molar-refractivity contribution in [1.82, 2.24) is 14.8 Å². The van der Waals surface area contributed by atoms with Crippen molar-refractivity contribution in [3.8, 4) is 11.6 Å². The smallest absolute Gasteiger partial charge is 0.417 e. The molecule has 0 fully saturated rings. The fraction of sp³-hybridized carbons (Fsp3) is 0.211. The number of carbonyl (C=O) groups is 1. The predicted molar refractivity (Wildman–Crippen MR) is 93.2 cm³/mol. The molecule has 2 aromatic heterocycles. The van der Waals surface area contributed by atoms with E-state index in [4.69, 9.17) is 9.47 Å². The van der Waals surface area contributed by atoms with Gasteiger partial charge >= 0.3 is 12.1 Å². The Morgan fingerprint density at radius 3 is 2.61 bits per heavy atom. The molecule has 0 unspecified atom stereocenters. The molecule has 1 aromatic carbocycles. The summed E-state index contributed by atoms with van der Waals surface area (Å²) >= 11 is 0. The van der Waals surface area contributed by atoms with Crippen molar-refractivity contribution in [2.24, 2.45) is 0 Å². The second-order valence-corrected chi connectivity index (χ2v) is 5.89. The predicted octanol–water partition coefficient (Wildman–Crippen LogP) is 3.96. The van der Waals surface area contributed by atoms with Crippen molar-refractivity contribution in [3.63, 3.8) is 0 Å². The lowest BCUT2D eigenvalue weighted by molar-refractivity contribution is -0.137. The highest BCUT2D eigenvalue weighted by molar-refractivity contribution is 5.90. The number of alkyl halides is 3. The molecule has 0 saturated carbocycles. The van der Waals surface area contributed by atoms with Gasteiger partial charge in [0.15, 0.2) is 5.82 Å². The number of hydrogen-bond donors (Lipinski definition) is 0. The third-order valence-electron chi connectivity index (χ3n) is 4.03. The molecular weight excluding hydrogens is 375 g/mol. The standard InChI is InChI=1S/C19H16F3N3O3/c1-12-16(18(26)28-11-13-4-3-5-15(8-13)27-2)10-24-25(12)17-7-6-14(9-23-17)19(20,21)22/h3-10H,11H2,1-2H3. The van der Waals surface area contributed by atoms with E-state index in [-0.39, 0.29) is 18.0 Å². The molecule has 0 saturated heterocycles. The van der Waals surface area contributed by atoms with Gasteiger partial charge in [0, 0.05) is 6.20 Å². The zero-order valence-electron chi connectivity index (χ0n) is 15.0. The Bertz CT molecular complexity index is 982. The Labute approximate surface area is 158 Å². The van der Waals surface area contributed by atoms with E-state index in [2.05, 4.69) is 10.1 Å². The van der Waals surface area contributed by atoms with E-state index in [1.807, 2.05) is 0 Å². The van der Waals surface area contributed by atoms with Crippen LogP contribution in [0.1, 0.15) is 27.2 Å². The first-order chi connectivity index (χ1) is 13.3. The van der Waals surface area contributed by atoms with Gasteiger partial charge in [0.25, 0.3) is 0 Å². The van der Waals surface area contributed by atoms with Crippen LogP contribution < -0.4 is 4.74 Å². The molecule has 0 amide bonds. The molecule has 0 radical (unpaired) electrons. The van der Waals surface area contributed by atoms with Gasteiger partial charge in [-0.1, -0.05) is 12.1 Å². The molecule has 3 aromatic rings. The van der Waals surface area contributed by atoms with Crippen LogP contribution in [-0.2, 0) is 17.5 Å². The Kier molecular flexibility index (Phi) is 5.34. The van der Waals surface area contributed by atoms with Crippen LogP contribution in [0, 0.1) is 6.92 Å². The van der Waals surface area contributed by atoms with Crippen molar-refractivity contribution in [3.05, 3.63) is 71.2 Å². The average molecular weight is 391 g/mol. The zero-order valence-corrected chi connectivity index (χ0v) is 15.0. The van der Waals surface area contributed by atoms with Crippen LogP contribution >= 0.6 is 0 Å². The van der Waals surface area contributed by atoms with Crippen LogP contribution in [0.4, 0.5) is 13.2 Å². The molecule has 0 N–H and O–H groups in total. The monoisotopic (exact) mass is 391 g/mol. The molecule has 9 heteroatoms. The maximum atomic E-state index is 12.7. The number of halogens is 3. The van der Waals surface area contributed by atoms with Crippen LogP contribution in [-0.4, -0.2) is 27.8 Å². The Morgan fingerprint density at radius 2 is 1.96 bits per heavy atom. The molecule has 146 valence electrons. The minimum atomic E-state index is -4.47. The highest BCUT2D eigenvalue weighted by atomic mass is 19.4. The summed E-state index contributed by atoms with van der Waals surface area (Å²) in [6, 6.07) is 9.18. The number of carbonyl (C=O) groups excluding carboxylic acids is 1. The third kappa shape index (κ3) is 4.13. The van der Waals surface area contributed by atoms with E-state index >= 15 is 0 Å². The molecule has 6 nitrogen and oxygen atoms in total. The SMILES string of the molecule is COc1cccc(COC(=O)c2cnn(-c3ccc(C(F)(F)F)cn3)c2C)c1. The fourth-order valence-corrected chi connectivity index (χ4v) is 2.51. The number of esters is 1. The summed E-state index contributed by atoms with van der Waals surface area (Å²) < 4.78 is 49.6. The Morgan fingerprint density at radius 1 is 1.18 bits per heavy atom. The van der Waals surface area contributed by atoms with E-state index in [0.29, 0.717) is 11.4 Å². The van der Waals surface area contributed by atoms with Crippen molar-refractivity contribution in [2.75, 3.05) is 7.11 Å². The third-order valence-corrected chi connectivity index (χ3v) is 4.03. The van der Waals surface area contributed by atoms with E-state index < -0.39 is 17.7 Å². The van der Waals surface area contributed by atoms with Gasteiger partial charge in [-0.25, -0.2) is 14.5 Å². The number of methoxy groups -OCH3 is 1. The van der Waals surface area contributed by atoms with Gasteiger partial charge in [0.05, 0.1) is 24.6 Å². The van der Waals surface area contributed by atoms with Gasteiger partial charge in [0.2, 0.25) is 0 Å². The largest absolute Gasteiger partial charge is 0.497 e. The lowest BCUT2D eigenvalue weighted by atomic mass is 10.2. The number of ether oxygens (including phenoxy) is 2. The van der Waals surface area contributed by atoms with Crippen LogP contribution in [0.25, 0.3) is 5.82 Å². The molecular formula is C19H16F3N3O3. The molecule has 0 bridgehead atoms. The first-order valence-corrected chi connectivity index (χ1v) is 8.18. The van der Waals surface area contributed by atoms with Crippen molar-refractivity contribution in [1.29, 1.82) is 0 Å². The molecule has 0 aliphatic heterocycles. The Balaban J connectivity index is 1.74. The van der Waals surface area contributed by atoms with Gasteiger partial charge in [-0.15, -0.1) is 0 Å². The van der Waals surface area contributed by atoms with Crippen LogP contribution in [0.15, 0.2) is 48.8 Å². The maximum Gasteiger partial charge on any atom is 0.417 e. The fourth-order valence-electron chi connectivity index (χ4n) is 2.51. The highest BCUT2D eigenvalue weighted by Gasteiger charge is 2.30. The molecule has 0 spiro atoms. The summed E-state index contributed by atoms with van der Waals surface area (Å²) in [6.07, 6.45) is -2.46. The number of hydrogen-bond acceptors (Lipinski definition) is 5. The van der Waals surface area contributed by atoms with Gasteiger partial charge in [0.1, 0.15) is 17.9 Å². The Hall–Kier alpha value is -3.36. The van der Waals surface area contributed by atoms with Crippen LogP contribution in [0.5, 0.6) is 5.75 Å². The van der Waals surface area contributed by atoms with Gasteiger partial charge < -0.3 is 9.47 Å². The summed E-state index contributed by atoms with van der Waals surface area (Å²) in [6.45, 7) is 1.65. The summed E-state index contributed by atoms with van der Waals surface area (Å²) in [5.74, 6) is 0.210. The minimum Gasteiger partial charge on any atom is -0.497 e. The van der Waals surface area contributed by atoms with E-state index in [0.717, 1.165) is 17.8 Å². The first kappa shape index (κ1) is 19.4. The van der Waals surface area contributed by atoms with E-state index in [1.165, 1.54) is 24.1 Å². The number of aromatic nitrogens is 3. The summed E-state index contributed by atoms with van der Waals surface area (Å²) in [5, 5.41) is 4.03. The van der Waals surface area contributed by atoms with E-state index in [1.54, 1.807) is 31.2 Å². The molecule has 28 heavy (non-hydrogen) atoms. The van der Waals surface area contributed by atoms with Crippen molar-refractivity contribution in [2.45, 2.75) is 19.7 Å². The lowest BCUT2D eigenvalue weighted by Gasteiger charge is -2.08. The number of pyridine rings is 1. The number of nitrogens with zero attached hydrogens (tertiary/aromatic N) is 3. The second kappa shape index (κ2) is 7.71. The van der Waals surface area contributed by atoms with E-state index in [9.17, 15) is 18.0 Å². The molecule has 0 atom stereocenters. The molecule has 0 aliphatic rings. The van der Waals surface area contributed by atoms with Crippen LogP contribution in [0.2, 0.25) is 0 Å². The highest BCUT2D eigenvalue weighted by Crippen LogP contribution is 2.29. The zero-order chi connectivity index (χ0) is 20.3. The summed E-state index contributed by atoms with van der Waals surface area (Å²) in [5.41, 5.74) is 0.494. The molecule has 3 rings (SSSR count). The van der Waals surface area contributed by atoms with Gasteiger partial charge in [-0.05, 0) is 36.8 Å². The van der Waals surface area contributed by atoms with Crippen molar-refractivity contribution >= 4 is 5.97 Å².